The lowest BCUT2D eigenvalue weighted by atomic mass is 10.3. The fourth-order valence-electron chi connectivity index (χ4n) is 1.47. The molecule has 2 aromatic heterocycles. The molecule has 0 saturated carbocycles. The lowest BCUT2D eigenvalue weighted by molar-refractivity contribution is 0.872. The first-order chi connectivity index (χ1) is 7.24. The van der Waals surface area contributed by atoms with Crippen LogP contribution in [0.4, 0.5) is 0 Å². The van der Waals surface area contributed by atoms with Crippen molar-refractivity contribution in [2.45, 2.75) is 20.3 Å². The SMILES string of the molecule is CCc1nnc(Cl)n1-c1cccnc1C. The van der Waals surface area contributed by atoms with Crippen LogP contribution >= 0.6 is 11.6 Å². The highest BCUT2D eigenvalue weighted by Gasteiger charge is 2.12. The van der Waals surface area contributed by atoms with Gasteiger partial charge in [0.25, 0.3) is 0 Å². The van der Waals surface area contributed by atoms with E-state index in [1.165, 1.54) is 0 Å². The molecule has 0 unspecified atom stereocenters. The molecule has 0 bridgehead atoms. The smallest absolute Gasteiger partial charge is 0.229 e. The summed E-state index contributed by atoms with van der Waals surface area (Å²) in [6, 6.07) is 3.83. The van der Waals surface area contributed by atoms with Gasteiger partial charge in [-0.05, 0) is 30.7 Å². The highest BCUT2D eigenvalue weighted by molar-refractivity contribution is 6.28. The van der Waals surface area contributed by atoms with Crippen LogP contribution in [0.1, 0.15) is 18.4 Å². The zero-order chi connectivity index (χ0) is 10.8. The lowest BCUT2D eigenvalue weighted by Gasteiger charge is -2.08. The average molecular weight is 223 g/mol. The molecule has 0 N–H and O–H groups in total. The van der Waals surface area contributed by atoms with Crippen molar-refractivity contribution in [1.82, 2.24) is 19.7 Å². The Kier molecular flexibility index (Phi) is 2.68. The molecule has 0 aromatic carbocycles. The highest BCUT2D eigenvalue weighted by atomic mass is 35.5. The summed E-state index contributed by atoms with van der Waals surface area (Å²) < 4.78 is 1.82. The standard InChI is InChI=1S/C10H11ClN4/c1-3-9-13-14-10(11)15(9)8-5-4-6-12-7(8)2/h4-6H,3H2,1-2H3. The third-order valence-electron chi connectivity index (χ3n) is 2.23. The van der Waals surface area contributed by atoms with Gasteiger partial charge in [0.2, 0.25) is 5.28 Å². The average Bonchev–Trinajstić information content (AvgIpc) is 2.60. The molecule has 2 heterocycles. The molecule has 0 aliphatic rings. The van der Waals surface area contributed by atoms with E-state index in [4.69, 9.17) is 11.6 Å². The molecule has 0 atom stereocenters. The summed E-state index contributed by atoms with van der Waals surface area (Å²) in [5.74, 6) is 0.844. The summed E-state index contributed by atoms with van der Waals surface area (Å²) >= 11 is 5.99. The van der Waals surface area contributed by atoms with Crippen molar-refractivity contribution < 1.29 is 0 Å². The van der Waals surface area contributed by atoms with E-state index in [1.807, 2.05) is 30.5 Å². The summed E-state index contributed by atoms with van der Waals surface area (Å²) in [4.78, 5) is 4.22. The number of aromatic nitrogens is 4. The van der Waals surface area contributed by atoms with Crippen LogP contribution in [0, 0.1) is 6.92 Å². The zero-order valence-corrected chi connectivity index (χ0v) is 9.36. The molecule has 4 nitrogen and oxygen atoms in total. The second kappa shape index (κ2) is 3.98. The van der Waals surface area contributed by atoms with E-state index < -0.39 is 0 Å². The Hall–Kier alpha value is -1.42. The number of rotatable bonds is 2. The normalized spacial score (nSPS) is 10.6. The molecule has 15 heavy (non-hydrogen) atoms. The second-order valence-corrected chi connectivity index (χ2v) is 3.52. The molecule has 0 radical (unpaired) electrons. The van der Waals surface area contributed by atoms with Gasteiger partial charge >= 0.3 is 0 Å². The van der Waals surface area contributed by atoms with Crippen LogP contribution < -0.4 is 0 Å². The second-order valence-electron chi connectivity index (χ2n) is 3.18. The van der Waals surface area contributed by atoms with Gasteiger partial charge in [-0.3, -0.25) is 9.55 Å². The fraction of sp³-hybridized carbons (Fsp3) is 0.300. The zero-order valence-electron chi connectivity index (χ0n) is 8.61. The predicted molar refractivity (Wildman–Crippen MR) is 58.3 cm³/mol. The van der Waals surface area contributed by atoms with Crippen LogP contribution in [0.15, 0.2) is 18.3 Å². The van der Waals surface area contributed by atoms with Crippen LogP contribution in [-0.4, -0.2) is 19.7 Å². The van der Waals surface area contributed by atoms with Gasteiger partial charge in [0.15, 0.2) is 0 Å². The van der Waals surface area contributed by atoms with E-state index in [2.05, 4.69) is 15.2 Å². The van der Waals surface area contributed by atoms with E-state index in [1.54, 1.807) is 6.20 Å². The number of halogens is 1. The molecule has 0 spiro atoms. The van der Waals surface area contributed by atoms with Crippen LogP contribution in [0.5, 0.6) is 0 Å². The molecule has 2 aromatic rings. The first kappa shape index (κ1) is 10.1. The van der Waals surface area contributed by atoms with Crippen LogP contribution in [0.25, 0.3) is 5.69 Å². The minimum atomic E-state index is 0.378. The van der Waals surface area contributed by atoms with Gasteiger partial charge in [0.05, 0.1) is 11.4 Å². The van der Waals surface area contributed by atoms with E-state index in [-0.39, 0.29) is 0 Å². The van der Waals surface area contributed by atoms with Crippen LogP contribution in [0.3, 0.4) is 0 Å². The van der Waals surface area contributed by atoms with Crippen molar-refractivity contribution in [2.24, 2.45) is 0 Å². The van der Waals surface area contributed by atoms with Crippen molar-refractivity contribution in [3.8, 4) is 5.69 Å². The number of pyridine rings is 1. The van der Waals surface area contributed by atoms with Crippen LogP contribution in [0.2, 0.25) is 5.28 Å². The van der Waals surface area contributed by atoms with E-state index in [0.717, 1.165) is 23.6 Å². The van der Waals surface area contributed by atoms with Gasteiger partial charge in [-0.1, -0.05) is 6.92 Å². The minimum absolute atomic E-state index is 0.378. The Morgan fingerprint density at radius 1 is 1.40 bits per heavy atom. The summed E-state index contributed by atoms with van der Waals surface area (Å²) in [7, 11) is 0. The first-order valence-electron chi connectivity index (χ1n) is 4.75. The van der Waals surface area contributed by atoms with Crippen LogP contribution in [-0.2, 0) is 6.42 Å². The topological polar surface area (TPSA) is 43.6 Å². The Bertz CT molecular complexity index is 478. The Labute approximate surface area is 92.9 Å². The first-order valence-corrected chi connectivity index (χ1v) is 5.13. The third-order valence-corrected chi connectivity index (χ3v) is 2.47. The number of nitrogens with zero attached hydrogens (tertiary/aromatic N) is 4. The largest absolute Gasteiger partial charge is 0.268 e. The van der Waals surface area contributed by atoms with E-state index in [9.17, 15) is 0 Å². The summed E-state index contributed by atoms with van der Waals surface area (Å²) in [6.07, 6.45) is 2.54. The minimum Gasteiger partial charge on any atom is -0.268 e. The van der Waals surface area contributed by atoms with Gasteiger partial charge in [0.1, 0.15) is 5.82 Å². The summed E-state index contributed by atoms with van der Waals surface area (Å²) in [5.41, 5.74) is 1.85. The van der Waals surface area contributed by atoms with Crippen molar-refractivity contribution in [3.63, 3.8) is 0 Å². The fourth-order valence-corrected chi connectivity index (χ4v) is 1.70. The van der Waals surface area contributed by atoms with E-state index >= 15 is 0 Å². The van der Waals surface area contributed by atoms with E-state index in [0.29, 0.717) is 5.28 Å². The Balaban J connectivity index is 2.63. The molecule has 5 heteroatoms. The quantitative estimate of drug-likeness (QED) is 0.783. The molecule has 0 amide bonds. The van der Waals surface area contributed by atoms with Crippen molar-refractivity contribution in [1.29, 1.82) is 0 Å². The summed E-state index contributed by atoms with van der Waals surface area (Å²) in [6.45, 7) is 3.95. The molecule has 78 valence electrons. The van der Waals surface area contributed by atoms with Crippen molar-refractivity contribution in [2.75, 3.05) is 0 Å². The highest BCUT2D eigenvalue weighted by Crippen LogP contribution is 2.18. The predicted octanol–water partition coefficient (Wildman–Crippen LogP) is 2.19. The number of hydrogen-bond acceptors (Lipinski definition) is 3. The molecule has 0 aliphatic carbocycles. The molecule has 0 saturated heterocycles. The maximum Gasteiger partial charge on any atom is 0.229 e. The molecule has 0 aliphatic heterocycles. The molecule has 0 fully saturated rings. The molecular weight excluding hydrogens is 212 g/mol. The maximum absolute atomic E-state index is 5.99. The van der Waals surface area contributed by atoms with Gasteiger partial charge in [-0.15, -0.1) is 10.2 Å². The number of aryl methyl sites for hydroxylation is 2. The number of hydrogen-bond donors (Lipinski definition) is 0. The monoisotopic (exact) mass is 222 g/mol. The molecule has 2 rings (SSSR count). The summed E-state index contributed by atoms with van der Waals surface area (Å²) in [5, 5.41) is 8.24. The maximum atomic E-state index is 5.99. The van der Waals surface area contributed by atoms with Crippen molar-refractivity contribution >= 4 is 11.6 Å². The van der Waals surface area contributed by atoms with Gasteiger partial charge in [-0.25, -0.2) is 0 Å². The van der Waals surface area contributed by atoms with Gasteiger partial charge in [0, 0.05) is 12.6 Å². The van der Waals surface area contributed by atoms with Crippen molar-refractivity contribution in [3.05, 3.63) is 35.1 Å². The van der Waals surface area contributed by atoms with Gasteiger partial charge < -0.3 is 0 Å². The Morgan fingerprint density at radius 2 is 2.20 bits per heavy atom. The van der Waals surface area contributed by atoms with Gasteiger partial charge in [-0.2, -0.15) is 0 Å². The Morgan fingerprint density at radius 3 is 2.87 bits per heavy atom. The third kappa shape index (κ3) is 1.72. The lowest BCUT2D eigenvalue weighted by Crippen LogP contribution is -2.03. The molecular formula is C10H11ClN4.